The van der Waals surface area contributed by atoms with Gasteiger partial charge in [-0.15, -0.1) is 0 Å². The van der Waals surface area contributed by atoms with E-state index in [9.17, 15) is 9.59 Å². The van der Waals surface area contributed by atoms with E-state index in [0.717, 1.165) is 17.4 Å². The Bertz CT molecular complexity index is 422. The molecular formula is C13H17NO2. The quantitative estimate of drug-likeness (QED) is 0.792. The number of hydrogen-bond acceptors (Lipinski definition) is 2. The summed E-state index contributed by atoms with van der Waals surface area (Å²) < 4.78 is 0. The lowest BCUT2D eigenvalue weighted by Crippen LogP contribution is -2.30. The number of benzene rings is 1. The van der Waals surface area contributed by atoms with Crippen molar-refractivity contribution in [3.05, 3.63) is 34.4 Å². The third kappa shape index (κ3) is 2.48. The molecule has 0 heterocycles. The summed E-state index contributed by atoms with van der Waals surface area (Å²) in [7, 11) is 0. The van der Waals surface area contributed by atoms with Crippen LogP contribution in [0.1, 0.15) is 45.7 Å². The van der Waals surface area contributed by atoms with Gasteiger partial charge in [0.25, 0.3) is 5.91 Å². The molecule has 0 unspecified atom stereocenters. The van der Waals surface area contributed by atoms with E-state index in [1.54, 1.807) is 12.1 Å². The van der Waals surface area contributed by atoms with Crippen molar-refractivity contribution in [1.29, 1.82) is 0 Å². The lowest BCUT2D eigenvalue weighted by molar-refractivity contribution is 0.0941. The van der Waals surface area contributed by atoms with E-state index < -0.39 is 0 Å². The highest BCUT2D eigenvalue weighted by molar-refractivity contribution is 5.97. The number of carbonyl (C=O) groups excluding carboxylic acids is 2. The van der Waals surface area contributed by atoms with E-state index in [-0.39, 0.29) is 11.9 Å². The molecule has 0 radical (unpaired) electrons. The summed E-state index contributed by atoms with van der Waals surface area (Å²) in [5.74, 6) is -0.0898. The van der Waals surface area contributed by atoms with Crippen LogP contribution in [0.15, 0.2) is 12.1 Å². The molecule has 0 fully saturated rings. The normalized spacial score (nSPS) is 10.3. The molecule has 0 saturated carbocycles. The van der Waals surface area contributed by atoms with Gasteiger partial charge in [-0.3, -0.25) is 9.59 Å². The van der Waals surface area contributed by atoms with Crippen LogP contribution in [0.5, 0.6) is 0 Å². The molecule has 1 aromatic rings. The zero-order valence-electron chi connectivity index (χ0n) is 10.1. The van der Waals surface area contributed by atoms with Gasteiger partial charge in [-0.1, -0.05) is 6.07 Å². The number of nitrogens with one attached hydrogen (secondary N) is 1. The second kappa shape index (κ2) is 4.92. The van der Waals surface area contributed by atoms with Gasteiger partial charge in [-0.05, 0) is 44.9 Å². The second-order valence-electron chi connectivity index (χ2n) is 4.20. The molecule has 16 heavy (non-hydrogen) atoms. The molecule has 0 saturated heterocycles. The number of carbonyl (C=O) groups is 2. The van der Waals surface area contributed by atoms with E-state index in [1.165, 1.54) is 0 Å². The summed E-state index contributed by atoms with van der Waals surface area (Å²) in [6.07, 6.45) is 0.812. The van der Waals surface area contributed by atoms with Gasteiger partial charge < -0.3 is 5.32 Å². The Kier molecular flexibility index (Phi) is 3.82. The molecule has 0 aromatic heterocycles. The highest BCUT2D eigenvalue weighted by Crippen LogP contribution is 2.16. The molecule has 0 spiro atoms. The predicted octanol–water partition coefficient (Wildman–Crippen LogP) is 2.25. The first-order valence-electron chi connectivity index (χ1n) is 5.33. The average molecular weight is 219 g/mol. The van der Waals surface area contributed by atoms with Crippen LogP contribution in [0.3, 0.4) is 0 Å². The highest BCUT2D eigenvalue weighted by atomic mass is 16.1. The van der Waals surface area contributed by atoms with Crippen molar-refractivity contribution in [3.63, 3.8) is 0 Å². The largest absolute Gasteiger partial charge is 0.350 e. The minimum Gasteiger partial charge on any atom is -0.350 e. The molecule has 0 aliphatic heterocycles. The molecule has 1 aromatic carbocycles. The second-order valence-corrected chi connectivity index (χ2v) is 4.20. The van der Waals surface area contributed by atoms with E-state index >= 15 is 0 Å². The summed E-state index contributed by atoms with van der Waals surface area (Å²) in [6.45, 7) is 7.54. The number of hydrogen-bond donors (Lipinski definition) is 1. The minimum absolute atomic E-state index is 0.0898. The lowest BCUT2D eigenvalue weighted by Gasteiger charge is -2.12. The van der Waals surface area contributed by atoms with E-state index in [2.05, 4.69) is 5.32 Å². The molecule has 1 amide bonds. The van der Waals surface area contributed by atoms with Gasteiger partial charge in [0.2, 0.25) is 0 Å². The molecule has 3 nitrogen and oxygen atoms in total. The minimum atomic E-state index is -0.0898. The van der Waals surface area contributed by atoms with Gasteiger partial charge in [-0.2, -0.15) is 0 Å². The molecular weight excluding hydrogens is 202 g/mol. The molecule has 1 N–H and O–H groups in total. The van der Waals surface area contributed by atoms with Gasteiger partial charge in [0.15, 0.2) is 0 Å². The van der Waals surface area contributed by atoms with Crippen LogP contribution < -0.4 is 5.32 Å². The fraction of sp³-hybridized carbons (Fsp3) is 0.385. The maximum Gasteiger partial charge on any atom is 0.251 e. The van der Waals surface area contributed by atoms with Crippen LogP contribution in [0, 0.1) is 13.8 Å². The van der Waals surface area contributed by atoms with Gasteiger partial charge in [0.1, 0.15) is 6.29 Å². The van der Waals surface area contributed by atoms with Gasteiger partial charge >= 0.3 is 0 Å². The van der Waals surface area contributed by atoms with E-state index in [1.807, 2.05) is 27.7 Å². The lowest BCUT2D eigenvalue weighted by atomic mass is 9.98. The molecule has 1 rings (SSSR count). The SMILES string of the molecule is Cc1c(C=O)ccc(C(=O)NC(C)C)c1C. The topological polar surface area (TPSA) is 46.2 Å². The Balaban J connectivity index is 3.12. The molecule has 3 heteroatoms. The zero-order valence-corrected chi connectivity index (χ0v) is 10.1. The Hall–Kier alpha value is -1.64. The third-order valence-corrected chi connectivity index (χ3v) is 2.62. The van der Waals surface area contributed by atoms with Gasteiger partial charge in [0, 0.05) is 17.2 Å². The monoisotopic (exact) mass is 219 g/mol. The van der Waals surface area contributed by atoms with Crippen LogP contribution in [-0.4, -0.2) is 18.2 Å². The average Bonchev–Trinajstić information content (AvgIpc) is 2.20. The summed E-state index contributed by atoms with van der Waals surface area (Å²) in [6, 6.07) is 3.49. The third-order valence-electron chi connectivity index (χ3n) is 2.62. The van der Waals surface area contributed by atoms with Crippen molar-refractivity contribution in [1.82, 2.24) is 5.32 Å². The Morgan fingerprint density at radius 1 is 1.25 bits per heavy atom. The molecule has 0 atom stereocenters. The Labute approximate surface area is 95.9 Å². The fourth-order valence-electron chi connectivity index (χ4n) is 1.56. The maximum absolute atomic E-state index is 11.8. The zero-order chi connectivity index (χ0) is 12.3. The van der Waals surface area contributed by atoms with Crippen molar-refractivity contribution in [2.45, 2.75) is 33.7 Å². The standard InChI is InChI=1S/C13H17NO2/c1-8(2)14-13(16)12-6-5-11(7-15)9(3)10(12)4/h5-8H,1-4H3,(H,14,16). The summed E-state index contributed by atoms with van der Waals surface area (Å²) >= 11 is 0. The van der Waals surface area contributed by atoms with Crippen molar-refractivity contribution in [3.8, 4) is 0 Å². The summed E-state index contributed by atoms with van der Waals surface area (Å²) in [4.78, 5) is 22.6. The molecule has 0 aliphatic rings. The van der Waals surface area contributed by atoms with Crippen LogP contribution in [-0.2, 0) is 0 Å². The molecule has 0 bridgehead atoms. The van der Waals surface area contributed by atoms with Gasteiger partial charge in [0.05, 0.1) is 0 Å². The summed E-state index contributed by atoms with van der Waals surface area (Å²) in [5, 5.41) is 2.84. The maximum atomic E-state index is 11.8. The first kappa shape index (κ1) is 12.4. The molecule has 86 valence electrons. The van der Waals surface area contributed by atoms with Crippen molar-refractivity contribution < 1.29 is 9.59 Å². The van der Waals surface area contributed by atoms with E-state index in [4.69, 9.17) is 0 Å². The van der Waals surface area contributed by atoms with Crippen LogP contribution in [0.2, 0.25) is 0 Å². The van der Waals surface area contributed by atoms with Crippen LogP contribution >= 0.6 is 0 Å². The van der Waals surface area contributed by atoms with Crippen molar-refractivity contribution >= 4 is 12.2 Å². The van der Waals surface area contributed by atoms with Crippen molar-refractivity contribution in [2.24, 2.45) is 0 Å². The van der Waals surface area contributed by atoms with Gasteiger partial charge in [-0.25, -0.2) is 0 Å². The predicted molar refractivity (Wildman–Crippen MR) is 63.9 cm³/mol. The first-order chi connectivity index (χ1) is 7.47. The molecule has 0 aliphatic carbocycles. The smallest absolute Gasteiger partial charge is 0.251 e. The Morgan fingerprint density at radius 2 is 1.88 bits per heavy atom. The Morgan fingerprint density at radius 3 is 2.38 bits per heavy atom. The highest BCUT2D eigenvalue weighted by Gasteiger charge is 2.12. The summed E-state index contributed by atoms with van der Waals surface area (Å²) in [5.41, 5.74) is 3.00. The number of aldehydes is 1. The van der Waals surface area contributed by atoms with Crippen molar-refractivity contribution in [2.75, 3.05) is 0 Å². The number of amides is 1. The van der Waals surface area contributed by atoms with Crippen LogP contribution in [0.4, 0.5) is 0 Å². The van der Waals surface area contributed by atoms with Crippen LogP contribution in [0.25, 0.3) is 0 Å². The fourth-order valence-corrected chi connectivity index (χ4v) is 1.56. The van der Waals surface area contributed by atoms with E-state index in [0.29, 0.717) is 11.1 Å². The first-order valence-corrected chi connectivity index (χ1v) is 5.33. The number of rotatable bonds is 3.